The van der Waals surface area contributed by atoms with Crippen LogP contribution in [-0.4, -0.2) is 29.8 Å². The van der Waals surface area contributed by atoms with Gasteiger partial charge in [0.25, 0.3) is 0 Å². The van der Waals surface area contributed by atoms with Crippen molar-refractivity contribution in [1.82, 2.24) is 10.2 Å². The smallest absolute Gasteiger partial charge is 0.250 e. The van der Waals surface area contributed by atoms with Crippen LogP contribution >= 0.6 is 22.9 Å². The molecule has 2 aromatic rings. The highest BCUT2D eigenvalue weighted by molar-refractivity contribution is 7.15. The van der Waals surface area contributed by atoms with Gasteiger partial charge in [0.15, 0.2) is 11.5 Å². The SMILES string of the molecule is CCCc1nnc(NC(=O)/C=C/c2cc(Cl)c(OC)c(OCC)c2)s1. The third-order valence-corrected chi connectivity index (χ3v) is 4.30. The maximum Gasteiger partial charge on any atom is 0.250 e. The van der Waals surface area contributed by atoms with E-state index < -0.39 is 0 Å². The van der Waals surface area contributed by atoms with Crippen LogP contribution in [0.2, 0.25) is 5.02 Å². The van der Waals surface area contributed by atoms with Crippen molar-refractivity contribution in [3.8, 4) is 11.5 Å². The molecule has 0 saturated carbocycles. The van der Waals surface area contributed by atoms with E-state index in [2.05, 4.69) is 22.4 Å². The number of carbonyl (C=O) groups excluding carboxylic acids is 1. The molecule has 6 nitrogen and oxygen atoms in total. The third kappa shape index (κ3) is 5.44. The van der Waals surface area contributed by atoms with E-state index in [4.69, 9.17) is 21.1 Å². The van der Waals surface area contributed by atoms with Crippen molar-refractivity contribution < 1.29 is 14.3 Å². The van der Waals surface area contributed by atoms with Gasteiger partial charge in [0.2, 0.25) is 11.0 Å². The predicted molar refractivity (Wildman–Crippen MR) is 101 cm³/mol. The second-order valence-corrected chi connectivity index (χ2v) is 6.51. The van der Waals surface area contributed by atoms with Crippen molar-refractivity contribution in [1.29, 1.82) is 0 Å². The Bertz CT molecular complexity index is 762. The van der Waals surface area contributed by atoms with Crippen molar-refractivity contribution in [3.05, 3.63) is 33.8 Å². The van der Waals surface area contributed by atoms with Gasteiger partial charge < -0.3 is 9.47 Å². The van der Waals surface area contributed by atoms with Gasteiger partial charge in [0, 0.05) is 12.5 Å². The van der Waals surface area contributed by atoms with Crippen LogP contribution in [-0.2, 0) is 11.2 Å². The van der Waals surface area contributed by atoms with Gasteiger partial charge in [-0.05, 0) is 37.1 Å². The molecule has 25 heavy (non-hydrogen) atoms. The molecule has 0 spiro atoms. The number of hydrogen-bond donors (Lipinski definition) is 1. The first-order valence-electron chi connectivity index (χ1n) is 7.89. The molecule has 0 aliphatic heterocycles. The van der Waals surface area contributed by atoms with Crippen LogP contribution in [0.25, 0.3) is 6.08 Å². The summed E-state index contributed by atoms with van der Waals surface area (Å²) in [4.78, 5) is 12.0. The van der Waals surface area contributed by atoms with E-state index in [-0.39, 0.29) is 5.91 Å². The molecule has 1 aromatic carbocycles. The van der Waals surface area contributed by atoms with Crippen LogP contribution in [0.15, 0.2) is 18.2 Å². The molecule has 0 aliphatic rings. The molecule has 8 heteroatoms. The summed E-state index contributed by atoms with van der Waals surface area (Å²) in [5.41, 5.74) is 0.730. The molecule has 0 bridgehead atoms. The first kappa shape index (κ1) is 19.2. The van der Waals surface area contributed by atoms with E-state index in [1.54, 1.807) is 18.2 Å². The number of methoxy groups -OCH3 is 1. The zero-order chi connectivity index (χ0) is 18.2. The average molecular weight is 382 g/mol. The minimum atomic E-state index is -0.288. The largest absolute Gasteiger partial charge is 0.491 e. The summed E-state index contributed by atoms with van der Waals surface area (Å²) >= 11 is 7.57. The Kier molecular flexibility index (Phi) is 7.21. The first-order valence-corrected chi connectivity index (χ1v) is 9.08. The molecule has 1 amide bonds. The summed E-state index contributed by atoms with van der Waals surface area (Å²) in [5.74, 6) is 0.720. The maximum absolute atomic E-state index is 12.0. The molecular weight excluding hydrogens is 362 g/mol. The lowest BCUT2D eigenvalue weighted by molar-refractivity contribution is -0.111. The summed E-state index contributed by atoms with van der Waals surface area (Å²) in [6, 6.07) is 3.47. The Morgan fingerprint density at radius 2 is 2.16 bits per heavy atom. The number of nitrogens with zero attached hydrogens (tertiary/aromatic N) is 2. The number of anilines is 1. The van der Waals surface area contributed by atoms with Crippen LogP contribution in [0, 0.1) is 0 Å². The van der Waals surface area contributed by atoms with Crippen LogP contribution in [0.1, 0.15) is 30.8 Å². The summed E-state index contributed by atoms with van der Waals surface area (Å²) in [5, 5.41) is 12.5. The third-order valence-electron chi connectivity index (χ3n) is 3.12. The van der Waals surface area contributed by atoms with E-state index >= 15 is 0 Å². The van der Waals surface area contributed by atoms with E-state index in [1.807, 2.05) is 6.92 Å². The normalized spacial score (nSPS) is 10.9. The lowest BCUT2D eigenvalue weighted by Gasteiger charge is -2.11. The van der Waals surface area contributed by atoms with E-state index in [0.717, 1.165) is 23.4 Å². The van der Waals surface area contributed by atoms with Gasteiger partial charge in [-0.15, -0.1) is 10.2 Å². The van der Waals surface area contributed by atoms with Gasteiger partial charge in [-0.1, -0.05) is 29.9 Å². The summed E-state index contributed by atoms with van der Waals surface area (Å²) in [7, 11) is 1.53. The predicted octanol–water partition coefficient (Wildman–Crippen LogP) is 4.20. The van der Waals surface area contributed by atoms with Crippen molar-refractivity contribution >= 4 is 40.1 Å². The highest BCUT2D eigenvalue weighted by Crippen LogP contribution is 2.36. The topological polar surface area (TPSA) is 73.3 Å². The van der Waals surface area contributed by atoms with Crippen LogP contribution < -0.4 is 14.8 Å². The lowest BCUT2D eigenvalue weighted by atomic mass is 10.2. The molecule has 0 aliphatic carbocycles. The number of hydrogen-bond acceptors (Lipinski definition) is 6. The van der Waals surface area contributed by atoms with Gasteiger partial charge in [-0.2, -0.15) is 0 Å². The number of ether oxygens (including phenoxy) is 2. The number of halogens is 1. The van der Waals surface area contributed by atoms with Crippen molar-refractivity contribution in [2.24, 2.45) is 0 Å². The Balaban J connectivity index is 2.08. The number of rotatable bonds is 8. The van der Waals surface area contributed by atoms with Crippen LogP contribution in [0.3, 0.4) is 0 Å². The summed E-state index contributed by atoms with van der Waals surface area (Å²) < 4.78 is 10.8. The second kappa shape index (κ2) is 9.39. The van der Waals surface area contributed by atoms with Crippen LogP contribution in [0.5, 0.6) is 11.5 Å². The minimum absolute atomic E-state index is 0.288. The molecule has 0 fully saturated rings. The zero-order valence-electron chi connectivity index (χ0n) is 14.3. The Hall–Kier alpha value is -2.12. The van der Waals surface area contributed by atoms with Gasteiger partial charge in [0.1, 0.15) is 5.01 Å². The fourth-order valence-electron chi connectivity index (χ4n) is 2.08. The highest BCUT2D eigenvalue weighted by atomic mass is 35.5. The van der Waals surface area contributed by atoms with Crippen molar-refractivity contribution in [2.45, 2.75) is 26.7 Å². The molecule has 0 radical (unpaired) electrons. The molecule has 134 valence electrons. The number of nitrogens with one attached hydrogen (secondary N) is 1. The summed E-state index contributed by atoms with van der Waals surface area (Å²) in [6.07, 6.45) is 4.91. The molecule has 0 saturated heterocycles. The fraction of sp³-hybridized carbons (Fsp3) is 0.353. The number of benzene rings is 1. The minimum Gasteiger partial charge on any atom is -0.491 e. The second-order valence-electron chi connectivity index (χ2n) is 5.04. The van der Waals surface area contributed by atoms with E-state index in [1.165, 1.54) is 24.5 Å². The summed E-state index contributed by atoms with van der Waals surface area (Å²) in [6.45, 7) is 4.43. The Labute approximate surface area is 155 Å². The average Bonchev–Trinajstić information content (AvgIpc) is 3.00. The van der Waals surface area contributed by atoms with E-state index in [9.17, 15) is 4.79 Å². The van der Waals surface area contributed by atoms with Crippen molar-refractivity contribution in [3.63, 3.8) is 0 Å². The molecule has 1 aromatic heterocycles. The van der Waals surface area contributed by atoms with E-state index in [0.29, 0.717) is 28.3 Å². The molecule has 1 heterocycles. The highest BCUT2D eigenvalue weighted by Gasteiger charge is 2.11. The maximum atomic E-state index is 12.0. The van der Waals surface area contributed by atoms with Gasteiger partial charge in [0.05, 0.1) is 18.7 Å². The standard InChI is InChI=1S/C17H20ClN3O3S/c1-4-6-15-20-21-17(25-15)19-14(22)8-7-11-9-12(18)16(23-3)13(10-11)24-5-2/h7-10H,4-6H2,1-3H3,(H,19,21,22)/b8-7+. The first-order chi connectivity index (χ1) is 12.1. The number of carbonyl (C=O) groups is 1. The number of aryl methyl sites for hydroxylation is 1. The number of aromatic nitrogens is 2. The molecule has 2 rings (SSSR count). The van der Waals surface area contributed by atoms with Gasteiger partial charge in [-0.25, -0.2) is 0 Å². The quantitative estimate of drug-likeness (QED) is 0.693. The molecular formula is C17H20ClN3O3S. The molecule has 1 N–H and O–H groups in total. The Morgan fingerprint density at radius 1 is 1.36 bits per heavy atom. The fourth-order valence-corrected chi connectivity index (χ4v) is 3.22. The Morgan fingerprint density at radius 3 is 2.84 bits per heavy atom. The lowest BCUT2D eigenvalue weighted by Crippen LogP contribution is -2.07. The zero-order valence-corrected chi connectivity index (χ0v) is 15.9. The van der Waals surface area contributed by atoms with Gasteiger partial charge in [-0.3, -0.25) is 10.1 Å². The van der Waals surface area contributed by atoms with Crippen molar-refractivity contribution in [2.75, 3.05) is 19.0 Å². The van der Waals surface area contributed by atoms with Crippen LogP contribution in [0.4, 0.5) is 5.13 Å². The van der Waals surface area contributed by atoms with Gasteiger partial charge >= 0.3 is 0 Å². The molecule has 0 atom stereocenters. The number of amides is 1. The molecule has 0 unspecified atom stereocenters. The monoisotopic (exact) mass is 381 g/mol.